The molecule has 1 fully saturated rings. The van der Waals surface area contributed by atoms with Crippen molar-refractivity contribution in [3.63, 3.8) is 0 Å². The molecule has 0 amide bonds. The first-order valence-corrected chi connectivity index (χ1v) is 12.0. The monoisotopic (exact) mass is 418 g/mol. The molecule has 0 saturated carbocycles. The van der Waals surface area contributed by atoms with E-state index in [0.29, 0.717) is 12.0 Å². The second-order valence-electron chi connectivity index (χ2n) is 8.81. The Bertz CT molecular complexity index is 870. The first-order chi connectivity index (χ1) is 14.1. The summed E-state index contributed by atoms with van der Waals surface area (Å²) in [6.07, 6.45) is 7.06. The van der Waals surface area contributed by atoms with Crippen LogP contribution in [0.4, 0.5) is 0 Å². The van der Waals surface area contributed by atoms with Crippen LogP contribution in [0.1, 0.15) is 43.6 Å². The number of fused-ring (bicyclic) bond motifs is 3. The highest BCUT2D eigenvalue weighted by Crippen LogP contribution is 2.33. The van der Waals surface area contributed by atoms with E-state index < -0.39 is 0 Å². The van der Waals surface area contributed by atoms with E-state index in [-0.39, 0.29) is 5.56 Å². The van der Waals surface area contributed by atoms with E-state index in [2.05, 4.69) is 29.0 Å². The molecule has 2 aromatic rings. The van der Waals surface area contributed by atoms with Crippen LogP contribution in [0.3, 0.4) is 0 Å². The van der Waals surface area contributed by atoms with Gasteiger partial charge in [0, 0.05) is 30.6 Å². The molecule has 0 unspecified atom stereocenters. The summed E-state index contributed by atoms with van der Waals surface area (Å²) in [5.74, 6) is 0.587. The Labute approximate surface area is 177 Å². The van der Waals surface area contributed by atoms with Crippen molar-refractivity contribution in [1.82, 2.24) is 19.8 Å². The fourth-order valence-electron chi connectivity index (χ4n) is 4.37. The van der Waals surface area contributed by atoms with Crippen LogP contribution < -0.4 is 10.9 Å². The lowest BCUT2D eigenvalue weighted by Crippen LogP contribution is -2.39. The van der Waals surface area contributed by atoms with Crippen LogP contribution in [-0.4, -0.2) is 59.9 Å². The Hall–Kier alpha value is -1.28. The molecule has 2 aliphatic rings. The minimum absolute atomic E-state index is 0.157. The van der Waals surface area contributed by atoms with Crippen molar-refractivity contribution in [1.29, 1.82) is 0 Å². The number of nitrogens with one attached hydrogen (secondary N) is 1. The first-order valence-electron chi connectivity index (χ1n) is 11.1. The smallest absolute Gasteiger partial charge is 0.262 e. The van der Waals surface area contributed by atoms with E-state index in [9.17, 15) is 4.79 Å². The molecule has 29 heavy (non-hydrogen) atoms. The molecule has 1 saturated heterocycles. The first kappa shape index (κ1) is 21.0. The summed E-state index contributed by atoms with van der Waals surface area (Å²) in [5.41, 5.74) is 1.43. The average molecular weight is 419 g/mol. The van der Waals surface area contributed by atoms with Gasteiger partial charge in [0.2, 0.25) is 0 Å². The standard InChI is InChI=1S/C22H34N4O2S/c1-16(2)6-9-26-15-24-21-20(22(26)27)18-5-4-17(14-19(18)29-21)23-7-3-8-25-10-12-28-13-11-25/h15-17,23H,3-14H2,1-2H3/t17-/m0/s1. The number of morpholine rings is 1. The summed E-state index contributed by atoms with van der Waals surface area (Å²) in [7, 11) is 0. The summed E-state index contributed by atoms with van der Waals surface area (Å²) in [6, 6.07) is 0.517. The Morgan fingerprint density at radius 3 is 2.93 bits per heavy atom. The van der Waals surface area contributed by atoms with Gasteiger partial charge < -0.3 is 10.1 Å². The molecule has 7 heteroatoms. The summed E-state index contributed by atoms with van der Waals surface area (Å²) < 4.78 is 7.22. The molecule has 1 aliphatic carbocycles. The minimum Gasteiger partial charge on any atom is -0.379 e. The molecule has 0 bridgehead atoms. The van der Waals surface area contributed by atoms with Gasteiger partial charge in [0.05, 0.1) is 24.9 Å². The average Bonchev–Trinajstić information content (AvgIpc) is 3.10. The number of hydrogen-bond acceptors (Lipinski definition) is 6. The van der Waals surface area contributed by atoms with Crippen LogP contribution in [0, 0.1) is 5.92 Å². The van der Waals surface area contributed by atoms with Crippen molar-refractivity contribution in [2.24, 2.45) is 5.92 Å². The number of hydrogen-bond donors (Lipinski definition) is 1. The zero-order valence-corrected chi connectivity index (χ0v) is 18.6. The number of aromatic nitrogens is 2. The number of aryl methyl sites for hydroxylation is 2. The van der Waals surface area contributed by atoms with Crippen LogP contribution >= 0.6 is 11.3 Å². The summed E-state index contributed by atoms with van der Waals surface area (Å²) in [5, 5.41) is 4.64. The molecule has 4 rings (SSSR count). The van der Waals surface area contributed by atoms with Crippen molar-refractivity contribution < 1.29 is 4.74 Å². The number of rotatable bonds is 8. The van der Waals surface area contributed by atoms with Gasteiger partial charge in [0.1, 0.15) is 4.83 Å². The molecule has 6 nitrogen and oxygen atoms in total. The van der Waals surface area contributed by atoms with Crippen LogP contribution in [0.25, 0.3) is 10.2 Å². The fourth-order valence-corrected chi connectivity index (χ4v) is 5.62. The predicted octanol–water partition coefficient (Wildman–Crippen LogP) is 2.67. The predicted molar refractivity (Wildman–Crippen MR) is 119 cm³/mol. The van der Waals surface area contributed by atoms with Crippen molar-refractivity contribution in [2.75, 3.05) is 39.4 Å². The van der Waals surface area contributed by atoms with Crippen LogP contribution in [0.15, 0.2) is 11.1 Å². The SMILES string of the molecule is CC(C)CCn1cnc2sc3c(c2c1=O)CC[C@H](NCCCN1CCOCC1)C3. The summed E-state index contributed by atoms with van der Waals surface area (Å²) in [6.45, 7) is 11.2. The molecule has 160 valence electrons. The Kier molecular flexibility index (Phi) is 7.00. The zero-order valence-electron chi connectivity index (χ0n) is 17.8. The van der Waals surface area contributed by atoms with Gasteiger partial charge in [-0.15, -0.1) is 11.3 Å². The highest BCUT2D eigenvalue weighted by atomic mass is 32.1. The van der Waals surface area contributed by atoms with Gasteiger partial charge in [-0.1, -0.05) is 13.8 Å². The maximum atomic E-state index is 13.0. The van der Waals surface area contributed by atoms with Crippen molar-refractivity contribution in [3.8, 4) is 0 Å². The van der Waals surface area contributed by atoms with Gasteiger partial charge in [-0.05, 0) is 56.7 Å². The van der Waals surface area contributed by atoms with Gasteiger partial charge >= 0.3 is 0 Å². The third-order valence-electron chi connectivity index (χ3n) is 6.17. The highest BCUT2D eigenvalue weighted by Gasteiger charge is 2.25. The highest BCUT2D eigenvalue weighted by molar-refractivity contribution is 7.18. The molecule has 0 radical (unpaired) electrons. The lowest BCUT2D eigenvalue weighted by Gasteiger charge is -2.27. The second kappa shape index (κ2) is 9.69. The van der Waals surface area contributed by atoms with E-state index in [4.69, 9.17) is 4.74 Å². The van der Waals surface area contributed by atoms with E-state index >= 15 is 0 Å². The minimum atomic E-state index is 0.157. The largest absolute Gasteiger partial charge is 0.379 e. The van der Waals surface area contributed by atoms with E-state index in [1.54, 1.807) is 17.7 Å². The van der Waals surface area contributed by atoms with Crippen LogP contribution in [-0.2, 0) is 24.1 Å². The topological polar surface area (TPSA) is 59.4 Å². The lowest BCUT2D eigenvalue weighted by atomic mass is 9.93. The van der Waals surface area contributed by atoms with Gasteiger partial charge in [0.15, 0.2) is 0 Å². The molecule has 3 heterocycles. The van der Waals surface area contributed by atoms with Gasteiger partial charge in [-0.2, -0.15) is 0 Å². The Morgan fingerprint density at radius 2 is 2.14 bits per heavy atom. The molecular weight excluding hydrogens is 384 g/mol. The van der Waals surface area contributed by atoms with E-state index in [1.165, 1.54) is 16.9 Å². The zero-order chi connectivity index (χ0) is 20.2. The summed E-state index contributed by atoms with van der Waals surface area (Å²) >= 11 is 1.73. The quantitative estimate of drug-likeness (QED) is 0.668. The van der Waals surface area contributed by atoms with E-state index in [0.717, 1.165) is 81.8 Å². The van der Waals surface area contributed by atoms with Gasteiger partial charge in [0.25, 0.3) is 5.56 Å². The number of thiophene rings is 1. The van der Waals surface area contributed by atoms with Crippen molar-refractivity contribution in [3.05, 3.63) is 27.1 Å². The Balaban J connectivity index is 1.35. The van der Waals surface area contributed by atoms with Crippen LogP contribution in [0.2, 0.25) is 0 Å². The van der Waals surface area contributed by atoms with Gasteiger partial charge in [-0.25, -0.2) is 4.98 Å². The number of ether oxygens (including phenoxy) is 1. The lowest BCUT2D eigenvalue weighted by molar-refractivity contribution is 0.0373. The maximum Gasteiger partial charge on any atom is 0.262 e. The van der Waals surface area contributed by atoms with Crippen molar-refractivity contribution >= 4 is 21.6 Å². The molecule has 1 atom stereocenters. The fraction of sp³-hybridized carbons (Fsp3) is 0.727. The molecular formula is C22H34N4O2S. The molecule has 0 aromatic carbocycles. The third-order valence-corrected chi connectivity index (χ3v) is 7.33. The van der Waals surface area contributed by atoms with Gasteiger partial charge in [-0.3, -0.25) is 14.3 Å². The van der Waals surface area contributed by atoms with Crippen molar-refractivity contribution in [2.45, 2.75) is 58.5 Å². The molecule has 1 aliphatic heterocycles. The molecule has 2 aromatic heterocycles. The normalized spacial score (nSPS) is 20.4. The van der Waals surface area contributed by atoms with Crippen LogP contribution in [0.5, 0.6) is 0 Å². The maximum absolute atomic E-state index is 13.0. The molecule has 1 N–H and O–H groups in total. The van der Waals surface area contributed by atoms with E-state index in [1.807, 2.05) is 4.57 Å². The second-order valence-corrected chi connectivity index (χ2v) is 9.89. The third kappa shape index (κ3) is 5.08. The molecule has 0 spiro atoms. The summed E-state index contributed by atoms with van der Waals surface area (Å²) in [4.78, 5) is 22.4. The Morgan fingerprint density at radius 1 is 1.31 bits per heavy atom. The number of nitrogens with zero attached hydrogens (tertiary/aromatic N) is 3.